The fourth-order valence-electron chi connectivity index (χ4n) is 3.08. The zero-order chi connectivity index (χ0) is 17.1. The van der Waals surface area contributed by atoms with Crippen LogP contribution in [-0.4, -0.2) is 5.71 Å². The second-order valence-corrected chi connectivity index (χ2v) is 6.27. The van der Waals surface area contributed by atoms with Crippen LogP contribution in [0.1, 0.15) is 28.4 Å². The summed E-state index contributed by atoms with van der Waals surface area (Å²) in [5.74, 6) is 0. The first-order chi connectivity index (χ1) is 12.3. The molecule has 1 N–H and O–H groups in total. The van der Waals surface area contributed by atoms with Gasteiger partial charge in [0.1, 0.15) is 6.17 Å². The molecule has 1 aliphatic rings. The summed E-state index contributed by atoms with van der Waals surface area (Å²) in [6, 6.07) is 29.3. The highest BCUT2D eigenvalue weighted by molar-refractivity contribution is 6.13. The number of hydrogen-bond donors (Lipinski definition) is 1. The van der Waals surface area contributed by atoms with Gasteiger partial charge in [-0.1, -0.05) is 90.5 Å². The molecule has 25 heavy (non-hydrogen) atoms. The number of nitrogens with zero attached hydrogens (tertiary/aromatic N) is 1. The molecule has 0 bridgehead atoms. The van der Waals surface area contributed by atoms with Crippen LogP contribution in [0, 0.1) is 6.92 Å². The maximum atomic E-state index is 4.97. The van der Waals surface area contributed by atoms with Crippen molar-refractivity contribution in [3.63, 3.8) is 0 Å². The van der Waals surface area contributed by atoms with Crippen LogP contribution in [0.2, 0.25) is 0 Å². The Hall–Kier alpha value is -3.13. The fraction of sp³-hybridized carbons (Fsp3) is 0.0870. The molecule has 2 nitrogen and oxygen atoms in total. The molecule has 3 aromatic carbocycles. The van der Waals surface area contributed by atoms with E-state index in [2.05, 4.69) is 91.1 Å². The molecule has 0 aliphatic carbocycles. The van der Waals surface area contributed by atoms with Crippen LogP contribution in [0.4, 0.5) is 0 Å². The quantitative estimate of drug-likeness (QED) is 0.710. The van der Waals surface area contributed by atoms with Gasteiger partial charge >= 0.3 is 0 Å². The van der Waals surface area contributed by atoms with Crippen molar-refractivity contribution in [1.29, 1.82) is 0 Å². The molecule has 1 unspecified atom stereocenters. The first-order valence-electron chi connectivity index (χ1n) is 8.53. The Bertz CT molecular complexity index is 925. The Labute approximate surface area is 148 Å². The summed E-state index contributed by atoms with van der Waals surface area (Å²) < 4.78 is 0. The Morgan fingerprint density at radius 1 is 0.760 bits per heavy atom. The molecule has 0 spiro atoms. The zero-order valence-corrected chi connectivity index (χ0v) is 14.2. The lowest BCUT2D eigenvalue weighted by Crippen LogP contribution is -2.24. The van der Waals surface area contributed by atoms with E-state index in [1.807, 2.05) is 12.1 Å². The van der Waals surface area contributed by atoms with Crippen molar-refractivity contribution in [3.05, 3.63) is 113 Å². The second kappa shape index (κ2) is 6.78. The van der Waals surface area contributed by atoms with Crippen LogP contribution in [-0.2, 0) is 0 Å². The molecule has 1 heterocycles. The van der Waals surface area contributed by atoms with Crippen LogP contribution in [0.15, 0.2) is 96.0 Å². The normalized spacial score (nSPS) is 16.6. The molecule has 4 rings (SSSR count). The minimum absolute atomic E-state index is 0.0877. The second-order valence-electron chi connectivity index (χ2n) is 6.27. The topological polar surface area (TPSA) is 24.4 Å². The third-order valence-electron chi connectivity index (χ3n) is 4.35. The fourth-order valence-corrected chi connectivity index (χ4v) is 3.08. The van der Waals surface area contributed by atoms with Gasteiger partial charge < -0.3 is 5.32 Å². The molecule has 0 amide bonds. The third-order valence-corrected chi connectivity index (χ3v) is 4.35. The van der Waals surface area contributed by atoms with Crippen LogP contribution in [0.3, 0.4) is 0 Å². The maximum absolute atomic E-state index is 4.97. The molecule has 0 saturated heterocycles. The van der Waals surface area contributed by atoms with Gasteiger partial charge in [-0.25, -0.2) is 0 Å². The summed E-state index contributed by atoms with van der Waals surface area (Å²) in [6.45, 7) is 2.11. The van der Waals surface area contributed by atoms with E-state index in [0.29, 0.717) is 0 Å². The molecule has 2 heteroatoms. The molecule has 0 saturated carbocycles. The van der Waals surface area contributed by atoms with Gasteiger partial charge in [-0.05, 0) is 29.7 Å². The van der Waals surface area contributed by atoms with Gasteiger partial charge in [0.05, 0.1) is 5.71 Å². The molecular formula is C23H20N2. The summed E-state index contributed by atoms with van der Waals surface area (Å²) in [7, 11) is 0. The monoisotopic (exact) mass is 324 g/mol. The van der Waals surface area contributed by atoms with Crippen LogP contribution in [0.5, 0.6) is 0 Å². The molecule has 1 aliphatic heterocycles. The zero-order valence-electron chi connectivity index (χ0n) is 14.2. The van der Waals surface area contributed by atoms with E-state index < -0.39 is 0 Å². The number of allylic oxidation sites excluding steroid dienone is 1. The van der Waals surface area contributed by atoms with E-state index >= 15 is 0 Å². The van der Waals surface area contributed by atoms with Gasteiger partial charge in [0.2, 0.25) is 0 Å². The lowest BCUT2D eigenvalue weighted by Gasteiger charge is -2.25. The van der Waals surface area contributed by atoms with E-state index in [4.69, 9.17) is 4.99 Å². The lowest BCUT2D eigenvalue weighted by atomic mass is 10.0. The molecule has 0 radical (unpaired) electrons. The summed E-state index contributed by atoms with van der Waals surface area (Å²) >= 11 is 0. The molecule has 3 aromatic rings. The first-order valence-corrected chi connectivity index (χ1v) is 8.53. The van der Waals surface area contributed by atoms with Crippen LogP contribution >= 0.6 is 0 Å². The minimum atomic E-state index is -0.0877. The van der Waals surface area contributed by atoms with Gasteiger partial charge in [0, 0.05) is 5.70 Å². The predicted octanol–water partition coefficient (Wildman–Crippen LogP) is 5.13. The highest BCUT2D eigenvalue weighted by Crippen LogP contribution is 2.26. The SMILES string of the molecule is Cc1cccc(C2N=C(c3ccccc3)C=C(c3ccccc3)N2)c1. The Morgan fingerprint density at radius 2 is 1.44 bits per heavy atom. The van der Waals surface area contributed by atoms with Gasteiger partial charge in [0.25, 0.3) is 0 Å². The maximum Gasteiger partial charge on any atom is 0.145 e. The number of hydrogen-bond acceptors (Lipinski definition) is 2. The lowest BCUT2D eigenvalue weighted by molar-refractivity contribution is 0.663. The van der Waals surface area contributed by atoms with Gasteiger partial charge in [-0.15, -0.1) is 0 Å². The number of aliphatic imine (C=N–C) groups is 1. The highest BCUT2D eigenvalue weighted by atomic mass is 15.1. The summed E-state index contributed by atoms with van der Waals surface area (Å²) in [5, 5.41) is 3.59. The van der Waals surface area contributed by atoms with E-state index in [1.54, 1.807) is 0 Å². The summed E-state index contributed by atoms with van der Waals surface area (Å²) in [5.41, 5.74) is 6.82. The Morgan fingerprint density at radius 3 is 2.12 bits per heavy atom. The van der Waals surface area contributed by atoms with E-state index in [-0.39, 0.29) is 6.17 Å². The number of aryl methyl sites for hydroxylation is 1. The van der Waals surface area contributed by atoms with Crippen LogP contribution in [0.25, 0.3) is 5.70 Å². The van der Waals surface area contributed by atoms with Crippen LogP contribution < -0.4 is 5.32 Å². The van der Waals surface area contributed by atoms with E-state index in [1.165, 1.54) is 16.7 Å². The van der Waals surface area contributed by atoms with Crippen molar-refractivity contribution in [1.82, 2.24) is 5.32 Å². The summed E-state index contributed by atoms with van der Waals surface area (Å²) in [6.07, 6.45) is 2.05. The molecule has 0 aromatic heterocycles. The number of nitrogens with one attached hydrogen (secondary N) is 1. The van der Waals surface area contributed by atoms with Crippen molar-refractivity contribution in [2.24, 2.45) is 4.99 Å². The largest absolute Gasteiger partial charge is 0.360 e. The van der Waals surface area contributed by atoms with Crippen molar-refractivity contribution in [2.45, 2.75) is 13.1 Å². The van der Waals surface area contributed by atoms with Crippen molar-refractivity contribution < 1.29 is 0 Å². The smallest absolute Gasteiger partial charge is 0.145 e. The van der Waals surface area contributed by atoms with Gasteiger partial charge in [-0.3, -0.25) is 4.99 Å². The third kappa shape index (κ3) is 3.38. The summed E-state index contributed by atoms with van der Waals surface area (Å²) in [4.78, 5) is 4.97. The van der Waals surface area contributed by atoms with Crippen molar-refractivity contribution in [2.75, 3.05) is 0 Å². The van der Waals surface area contributed by atoms with Gasteiger partial charge in [0.15, 0.2) is 0 Å². The predicted molar refractivity (Wildman–Crippen MR) is 104 cm³/mol. The number of benzene rings is 3. The van der Waals surface area contributed by atoms with Gasteiger partial charge in [-0.2, -0.15) is 0 Å². The first kappa shape index (κ1) is 15.4. The molecule has 1 atom stereocenters. The molecule has 0 fully saturated rings. The average Bonchev–Trinajstić information content (AvgIpc) is 2.69. The Balaban J connectivity index is 1.79. The van der Waals surface area contributed by atoms with E-state index in [0.717, 1.165) is 17.0 Å². The standard InChI is InChI=1S/C23H20N2/c1-17-9-8-14-20(15-17)23-24-21(18-10-4-2-5-11-18)16-22(25-23)19-12-6-3-7-13-19/h2-16,23-24H,1H3. The average molecular weight is 324 g/mol. The highest BCUT2D eigenvalue weighted by Gasteiger charge is 2.19. The van der Waals surface area contributed by atoms with Crippen molar-refractivity contribution in [3.8, 4) is 0 Å². The molecular weight excluding hydrogens is 304 g/mol. The molecule has 122 valence electrons. The van der Waals surface area contributed by atoms with Crippen molar-refractivity contribution >= 4 is 11.4 Å². The van der Waals surface area contributed by atoms with E-state index in [9.17, 15) is 0 Å². The Kier molecular flexibility index (Phi) is 4.17. The minimum Gasteiger partial charge on any atom is -0.360 e. The number of rotatable bonds is 3.